The predicted octanol–water partition coefficient (Wildman–Crippen LogP) is 4.01. The Morgan fingerprint density at radius 3 is 2.41 bits per heavy atom. The molecule has 0 saturated heterocycles. The number of alkyl halides is 3. The van der Waals surface area contributed by atoms with Crippen LogP contribution >= 0.6 is 0 Å². The number of hydrogen-bond acceptors (Lipinski definition) is 5. The molecule has 2 aromatic heterocycles. The fourth-order valence-electron chi connectivity index (χ4n) is 3.49. The number of aryl methyl sites for hydroxylation is 1. The van der Waals surface area contributed by atoms with Gasteiger partial charge in [-0.25, -0.2) is 9.78 Å². The van der Waals surface area contributed by atoms with Crippen molar-refractivity contribution < 1.29 is 27.6 Å². The highest BCUT2D eigenvalue weighted by atomic mass is 19.4. The van der Waals surface area contributed by atoms with Crippen molar-refractivity contribution in [2.24, 2.45) is 5.73 Å². The van der Waals surface area contributed by atoms with Crippen molar-refractivity contribution in [1.82, 2.24) is 20.2 Å². The summed E-state index contributed by atoms with van der Waals surface area (Å²) in [6.45, 7) is 0. The van der Waals surface area contributed by atoms with Crippen molar-refractivity contribution in [3.63, 3.8) is 0 Å². The summed E-state index contributed by atoms with van der Waals surface area (Å²) in [6, 6.07) is 8.34. The van der Waals surface area contributed by atoms with Crippen LogP contribution in [0.5, 0.6) is 0 Å². The lowest BCUT2D eigenvalue weighted by Gasteiger charge is -2.09. The van der Waals surface area contributed by atoms with E-state index in [1.807, 2.05) is 0 Å². The molecule has 0 spiro atoms. The summed E-state index contributed by atoms with van der Waals surface area (Å²) in [7, 11) is 0. The Hall–Kier alpha value is -4.88. The van der Waals surface area contributed by atoms with Gasteiger partial charge in [-0.15, -0.1) is 0 Å². The second-order valence-electron chi connectivity index (χ2n) is 8.00. The SMILES string of the molecule is NC(=O)c1nc(CCCC(=O)Nc2ccc3[nH]ncc3c2)[nH]c1NC(=O)Nc1ccc(C(F)(F)F)cc1. The Bertz CT molecular complexity index is 1440. The van der Waals surface area contributed by atoms with Crippen LogP contribution in [0.4, 0.5) is 35.2 Å². The van der Waals surface area contributed by atoms with E-state index in [1.165, 1.54) is 0 Å². The summed E-state index contributed by atoms with van der Waals surface area (Å²) in [6.07, 6.45) is -2.04. The zero-order valence-corrected chi connectivity index (χ0v) is 19.1. The minimum atomic E-state index is -4.50. The van der Waals surface area contributed by atoms with Gasteiger partial charge < -0.3 is 21.4 Å². The molecular weight excluding hydrogens is 493 g/mol. The minimum Gasteiger partial charge on any atom is -0.364 e. The summed E-state index contributed by atoms with van der Waals surface area (Å²) >= 11 is 0. The van der Waals surface area contributed by atoms with Crippen LogP contribution < -0.4 is 21.7 Å². The maximum atomic E-state index is 12.7. The Kier molecular flexibility index (Phi) is 7.08. The fraction of sp³-hybridized carbons (Fsp3) is 0.174. The molecule has 4 aromatic rings. The summed E-state index contributed by atoms with van der Waals surface area (Å²) in [5.74, 6) is -0.894. The number of aromatic amines is 2. The van der Waals surface area contributed by atoms with Gasteiger partial charge in [0.15, 0.2) is 5.69 Å². The van der Waals surface area contributed by atoms with E-state index in [0.717, 1.165) is 35.2 Å². The maximum absolute atomic E-state index is 12.7. The molecule has 4 amide bonds. The first-order valence-corrected chi connectivity index (χ1v) is 11.0. The van der Waals surface area contributed by atoms with Crippen molar-refractivity contribution in [3.8, 4) is 0 Å². The number of nitrogens with two attached hydrogens (primary N) is 1. The van der Waals surface area contributed by atoms with E-state index in [1.54, 1.807) is 24.4 Å². The number of rotatable bonds is 8. The number of amides is 4. The van der Waals surface area contributed by atoms with Gasteiger partial charge in [-0.05, 0) is 48.9 Å². The molecule has 7 N–H and O–H groups in total. The summed E-state index contributed by atoms with van der Waals surface area (Å²) < 4.78 is 38.0. The monoisotopic (exact) mass is 514 g/mol. The number of carbonyl (C=O) groups excluding carboxylic acids is 3. The van der Waals surface area contributed by atoms with E-state index in [2.05, 4.69) is 36.1 Å². The lowest BCUT2D eigenvalue weighted by Crippen LogP contribution is -2.22. The number of hydrogen-bond donors (Lipinski definition) is 6. The Morgan fingerprint density at radius 1 is 0.973 bits per heavy atom. The first-order valence-electron chi connectivity index (χ1n) is 11.0. The highest BCUT2D eigenvalue weighted by molar-refractivity contribution is 6.04. The molecule has 0 aliphatic rings. The molecule has 14 heteroatoms. The van der Waals surface area contributed by atoms with E-state index in [0.29, 0.717) is 17.9 Å². The van der Waals surface area contributed by atoms with E-state index >= 15 is 0 Å². The number of aromatic nitrogens is 4. The fourth-order valence-corrected chi connectivity index (χ4v) is 3.49. The molecule has 0 aliphatic heterocycles. The Balaban J connectivity index is 1.31. The molecule has 11 nitrogen and oxygen atoms in total. The van der Waals surface area contributed by atoms with Crippen molar-refractivity contribution in [2.45, 2.75) is 25.4 Å². The second kappa shape index (κ2) is 10.4. The lowest BCUT2D eigenvalue weighted by atomic mass is 10.2. The number of nitrogens with one attached hydrogen (secondary N) is 5. The van der Waals surface area contributed by atoms with E-state index < -0.39 is 23.7 Å². The van der Waals surface area contributed by atoms with Crippen molar-refractivity contribution in [1.29, 1.82) is 0 Å². The van der Waals surface area contributed by atoms with Crippen LogP contribution in [0, 0.1) is 0 Å². The van der Waals surface area contributed by atoms with Gasteiger partial charge in [0.25, 0.3) is 5.91 Å². The number of fused-ring (bicyclic) bond motifs is 1. The Labute approximate surface area is 207 Å². The van der Waals surface area contributed by atoms with Crippen LogP contribution in [0.25, 0.3) is 10.9 Å². The van der Waals surface area contributed by atoms with Gasteiger partial charge in [-0.3, -0.25) is 20.0 Å². The number of anilines is 3. The van der Waals surface area contributed by atoms with Crippen molar-refractivity contribution in [2.75, 3.05) is 16.0 Å². The largest absolute Gasteiger partial charge is 0.416 e. The lowest BCUT2D eigenvalue weighted by molar-refractivity contribution is -0.137. The topological polar surface area (TPSA) is 171 Å². The van der Waals surface area contributed by atoms with Crippen LogP contribution in [0.2, 0.25) is 0 Å². The zero-order valence-electron chi connectivity index (χ0n) is 19.1. The van der Waals surface area contributed by atoms with Crippen LogP contribution in [0.1, 0.15) is 34.7 Å². The van der Waals surface area contributed by atoms with E-state index in [9.17, 15) is 27.6 Å². The molecule has 2 heterocycles. The van der Waals surface area contributed by atoms with Gasteiger partial charge in [-0.2, -0.15) is 18.3 Å². The van der Waals surface area contributed by atoms with Gasteiger partial charge >= 0.3 is 12.2 Å². The van der Waals surface area contributed by atoms with Gasteiger partial charge in [0.2, 0.25) is 5.91 Å². The number of primary amides is 1. The summed E-state index contributed by atoms with van der Waals surface area (Å²) in [4.78, 5) is 43.2. The average Bonchev–Trinajstić information content (AvgIpc) is 3.45. The normalized spacial score (nSPS) is 11.3. The third-order valence-corrected chi connectivity index (χ3v) is 5.24. The second-order valence-corrected chi connectivity index (χ2v) is 8.00. The number of urea groups is 1. The van der Waals surface area contributed by atoms with Crippen LogP contribution in [-0.4, -0.2) is 38.0 Å². The number of halogens is 3. The molecule has 0 aliphatic carbocycles. The molecule has 2 aromatic carbocycles. The number of nitrogens with zero attached hydrogens (tertiary/aromatic N) is 2. The number of H-pyrrole nitrogens is 2. The van der Waals surface area contributed by atoms with Crippen molar-refractivity contribution >= 4 is 45.9 Å². The molecular formula is C23H21F3N8O3. The molecule has 0 fully saturated rings. The molecule has 4 rings (SSSR count). The van der Waals surface area contributed by atoms with E-state index in [4.69, 9.17) is 5.73 Å². The molecule has 0 atom stereocenters. The molecule has 0 saturated carbocycles. The molecule has 0 bridgehead atoms. The quantitative estimate of drug-likeness (QED) is 0.208. The standard InChI is InChI=1S/C23H21F3N8O3/c24-23(25,26)13-4-6-14(7-5-13)30-22(37)33-21-19(20(27)36)31-17(32-21)2-1-3-18(35)29-15-8-9-16-12(10-15)11-28-34-16/h4-11H,1-3H2,(H2,27,36)(H,28,34)(H,29,35)(H,31,32)(H2,30,33,37). The van der Waals surface area contributed by atoms with Crippen molar-refractivity contribution in [3.05, 3.63) is 65.7 Å². The number of carbonyl (C=O) groups is 3. The average molecular weight is 514 g/mol. The molecule has 37 heavy (non-hydrogen) atoms. The van der Waals surface area contributed by atoms with Crippen LogP contribution in [0.15, 0.2) is 48.7 Å². The third-order valence-electron chi connectivity index (χ3n) is 5.24. The maximum Gasteiger partial charge on any atom is 0.416 e. The van der Waals surface area contributed by atoms with Gasteiger partial charge in [0.1, 0.15) is 11.6 Å². The minimum absolute atomic E-state index is 0.0789. The van der Waals surface area contributed by atoms with E-state index in [-0.39, 0.29) is 35.9 Å². The highest BCUT2D eigenvalue weighted by Crippen LogP contribution is 2.29. The Morgan fingerprint density at radius 2 is 1.70 bits per heavy atom. The predicted molar refractivity (Wildman–Crippen MR) is 129 cm³/mol. The van der Waals surface area contributed by atoms with Gasteiger partial charge in [0.05, 0.1) is 17.3 Å². The molecule has 0 radical (unpaired) electrons. The first-order chi connectivity index (χ1) is 17.6. The van der Waals surface area contributed by atoms with Gasteiger partial charge in [0, 0.05) is 29.6 Å². The van der Waals surface area contributed by atoms with Crippen LogP contribution in [-0.2, 0) is 17.4 Å². The molecule has 192 valence electrons. The summed E-state index contributed by atoms with van der Waals surface area (Å²) in [5, 5.41) is 15.1. The zero-order chi connectivity index (χ0) is 26.6. The smallest absolute Gasteiger partial charge is 0.364 e. The molecule has 0 unspecified atom stereocenters. The van der Waals surface area contributed by atoms with Gasteiger partial charge in [-0.1, -0.05) is 0 Å². The number of benzene rings is 2. The first kappa shape index (κ1) is 25.2. The van der Waals surface area contributed by atoms with Crippen LogP contribution in [0.3, 0.4) is 0 Å². The summed E-state index contributed by atoms with van der Waals surface area (Å²) in [5.41, 5.74) is 5.82. The number of imidazole rings is 1. The highest BCUT2D eigenvalue weighted by Gasteiger charge is 2.30. The third kappa shape index (κ3) is 6.42.